The van der Waals surface area contributed by atoms with E-state index in [1.54, 1.807) is 18.1 Å². The Kier molecular flexibility index (Phi) is 4.54. The standard InChI is InChI=1S/C14H17NO4S/c1-3-15-11(16)8-20-13(14(17)18)12(15)9-6-4-5-7-10(9)19-2/h4-7,12-13H,3,8H2,1-2H3,(H,17,18)/t12-,13+/m1/s1. The first-order chi connectivity index (χ1) is 9.60. The van der Waals surface area contributed by atoms with Crippen LogP contribution in [0.4, 0.5) is 0 Å². The number of methoxy groups -OCH3 is 1. The third-order valence-corrected chi connectivity index (χ3v) is 4.60. The number of nitrogens with zero attached hydrogens (tertiary/aromatic N) is 1. The second kappa shape index (κ2) is 6.17. The number of hydrogen-bond donors (Lipinski definition) is 1. The van der Waals surface area contributed by atoms with E-state index in [2.05, 4.69) is 0 Å². The van der Waals surface area contributed by atoms with Crippen molar-refractivity contribution < 1.29 is 19.4 Å². The first-order valence-electron chi connectivity index (χ1n) is 6.37. The van der Waals surface area contributed by atoms with Gasteiger partial charge in [-0.3, -0.25) is 9.59 Å². The van der Waals surface area contributed by atoms with Gasteiger partial charge >= 0.3 is 5.97 Å². The number of benzene rings is 1. The van der Waals surface area contributed by atoms with Crippen LogP contribution in [0.25, 0.3) is 0 Å². The third kappa shape index (κ3) is 2.60. The average Bonchev–Trinajstić information content (AvgIpc) is 2.46. The first kappa shape index (κ1) is 14.7. The van der Waals surface area contributed by atoms with Crippen LogP contribution in [-0.4, -0.2) is 46.5 Å². The normalized spacial score (nSPS) is 22.7. The highest BCUT2D eigenvalue weighted by atomic mass is 32.2. The van der Waals surface area contributed by atoms with E-state index in [9.17, 15) is 14.7 Å². The number of carbonyl (C=O) groups is 2. The van der Waals surface area contributed by atoms with Crippen molar-refractivity contribution in [3.05, 3.63) is 29.8 Å². The summed E-state index contributed by atoms with van der Waals surface area (Å²) >= 11 is 1.17. The number of hydrogen-bond acceptors (Lipinski definition) is 4. The fourth-order valence-corrected chi connectivity index (χ4v) is 3.58. The van der Waals surface area contributed by atoms with Crippen LogP contribution in [0.15, 0.2) is 24.3 Å². The van der Waals surface area contributed by atoms with Crippen molar-refractivity contribution in [3.63, 3.8) is 0 Å². The molecule has 0 aliphatic carbocycles. The molecule has 2 atom stereocenters. The van der Waals surface area contributed by atoms with Gasteiger partial charge in [0.15, 0.2) is 0 Å². The Morgan fingerprint density at radius 2 is 2.20 bits per heavy atom. The highest BCUT2D eigenvalue weighted by molar-refractivity contribution is 8.01. The van der Waals surface area contributed by atoms with Gasteiger partial charge in [0, 0.05) is 12.1 Å². The van der Waals surface area contributed by atoms with Crippen LogP contribution in [-0.2, 0) is 9.59 Å². The van der Waals surface area contributed by atoms with Crippen LogP contribution >= 0.6 is 11.8 Å². The number of rotatable bonds is 4. The lowest BCUT2D eigenvalue weighted by Crippen LogP contribution is -2.47. The second-order valence-electron chi connectivity index (χ2n) is 4.44. The Balaban J connectivity index is 2.49. The van der Waals surface area contributed by atoms with Crippen LogP contribution in [0, 0.1) is 0 Å². The zero-order chi connectivity index (χ0) is 14.7. The van der Waals surface area contributed by atoms with Gasteiger partial charge < -0.3 is 14.7 Å². The molecule has 0 spiro atoms. The molecule has 1 aliphatic heterocycles. The minimum atomic E-state index is -0.906. The molecule has 0 aromatic heterocycles. The number of para-hydroxylation sites is 1. The van der Waals surface area contributed by atoms with Crippen molar-refractivity contribution in [2.24, 2.45) is 0 Å². The maximum absolute atomic E-state index is 12.0. The van der Waals surface area contributed by atoms with E-state index in [-0.39, 0.29) is 11.7 Å². The van der Waals surface area contributed by atoms with E-state index in [0.717, 1.165) is 5.56 Å². The van der Waals surface area contributed by atoms with Crippen molar-refractivity contribution in [2.45, 2.75) is 18.2 Å². The Bertz CT molecular complexity index is 518. The molecule has 1 aromatic carbocycles. The number of carboxylic acid groups (broad SMARTS) is 1. The van der Waals surface area contributed by atoms with Crippen LogP contribution in [0.1, 0.15) is 18.5 Å². The summed E-state index contributed by atoms with van der Waals surface area (Å²) in [7, 11) is 1.54. The molecule has 1 saturated heterocycles. The van der Waals surface area contributed by atoms with Gasteiger partial charge in [-0.25, -0.2) is 0 Å². The van der Waals surface area contributed by atoms with Gasteiger partial charge in [-0.05, 0) is 13.0 Å². The summed E-state index contributed by atoms with van der Waals surface area (Å²) < 4.78 is 5.31. The zero-order valence-corrected chi connectivity index (χ0v) is 12.2. The first-order valence-corrected chi connectivity index (χ1v) is 7.41. The molecule has 6 heteroatoms. The molecule has 1 heterocycles. The smallest absolute Gasteiger partial charge is 0.319 e. The maximum Gasteiger partial charge on any atom is 0.319 e. The van der Waals surface area contributed by atoms with Crippen LogP contribution in [0.2, 0.25) is 0 Å². The van der Waals surface area contributed by atoms with E-state index >= 15 is 0 Å². The Morgan fingerprint density at radius 1 is 1.50 bits per heavy atom. The molecule has 2 rings (SSSR count). The predicted octanol–water partition coefficient (Wildman–Crippen LogP) is 1.78. The van der Waals surface area contributed by atoms with Gasteiger partial charge in [0.05, 0.1) is 18.9 Å². The van der Waals surface area contributed by atoms with Crippen LogP contribution in [0.3, 0.4) is 0 Å². The molecule has 0 saturated carbocycles. The Labute approximate surface area is 121 Å². The molecule has 20 heavy (non-hydrogen) atoms. The highest BCUT2D eigenvalue weighted by Crippen LogP contribution is 2.40. The lowest BCUT2D eigenvalue weighted by atomic mass is 9.99. The molecule has 1 aliphatic rings. The quantitative estimate of drug-likeness (QED) is 0.917. The van der Waals surface area contributed by atoms with Gasteiger partial charge in [-0.1, -0.05) is 18.2 Å². The fourth-order valence-electron chi connectivity index (χ4n) is 2.47. The van der Waals surface area contributed by atoms with Gasteiger partial charge in [0.2, 0.25) is 5.91 Å². The number of amides is 1. The molecule has 0 radical (unpaired) electrons. The van der Waals surface area contributed by atoms with E-state index in [0.29, 0.717) is 12.3 Å². The molecular formula is C14H17NO4S. The summed E-state index contributed by atoms with van der Waals surface area (Å²) in [4.78, 5) is 25.2. The summed E-state index contributed by atoms with van der Waals surface area (Å²) in [5, 5.41) is 8.76. The molecule has 5 nitrogen and oxygen atoms in total. The molecule has 0 unspecified atom stereocenters. The summed E-state index contributed by atoms with van der Waals surface area (Å²) in [5.74, 6) is -0.128. The summed E-state index contributed by atoms with van der Waals surface area (Å²) in [6.07, 6.45) is 0. The zero-order valence-electron chi connectivity index (χ0n) is 11.4. The number of thioether (sulfide) groups is 1. The molecule has 1 fully saturated rings. The summed E-state index contributed by atoms with van der Waals surface area (Å²) in [6, 6.07) is 6.76. The lowest BCUT2D eigenvalue weighted by molar-refractivity contribution is -0.140. The minimum Gasteiger partial charge on any atom is -0.496 e. The molecule has 1 aromatic rings. The number of ether oxygens (including phenoxy) is 1. The molecule has 0 bridgehead atoms. The molecule has 108 valence electrons. The largest absolute Gasteiger partial charge is 0.496 e. The molecule has 1 N–H and O–H groups in total. The Hall–Kier alpha value is -1.69. The van der Waals surface area contributed by atoms with E-state index in [1.807, 2.05) is 25.1 Å². The second-order valence-corrected chi connectivity index (χ2v) is 5.57. The maximum atomic E-state index is 12.0. The minimum absolute atomic E-state index is 0.0362. The highest BCUT2D eigenvalue weighted by Gasteiger charge is 2.41. The van der Waals surface area contributed by atoms with E-state index in [1.165, 1.54) is 11.8 Å². The predicted molar refractivity (Wildman–Crippen MR) is 77.0 cm³/mol. The van der Waals surface area contributed by atoms with Crippen molar-refractivity contribution in [1.82, 2.24) is 4.90 Å². The van der Waals surface area contributed by atoms with E-state index < -0.39 is 17.3 Å². The average molecular weight is 295 g/mol. The van der Waals surface area contributed by atoms with Gasteiger partial charge in [0.1, 0.15) is 11.0 Å². The van der Waals surface area contributed by atoms with Crippen molar-refractivity contribution in [3.8, 4) is 5.75 Å². The third-order valence-electron chi connectivity index (χ3n) is 3.37. The monoisotopic (exact) mass is 295 g/mol. The molecule has 1 amide bonds. The van der Waals surface area contributed by atoms with Gasteiger partial charge in [-0.15, -0.1) is 11.8 Å². The number of carboxylic acids is 1. The topological polar surface area (TPSA) is 66.8 Å². The van der Waals surface area contributed by atoms with Crippen molar-refractivity contribution in [1.29, 1.82) is 0 Å². The SMILES string of the molecule is CCN1C(=O)CS[C@H](C(=O)O)[C@H]1c1ccccc1OC. The van der Waals surface area contributed by atoms with Gasteiger partial charge in [0.25, 0.3) is 0 Å². The molecular weight excluding hydrogens is 278 g/mol. The number of carbonyl (C=O) groups excluding carboxylic acids is 1. The van der Waals surface area contributed by atoms with Crippen molar-refractivity contribution >= 4 is 23.6 Å². The van der Waals surface area contributed by atoms with Crippen molar-refractivity contribution in [2.75, 3.05) is 19.4 Å². The summed E-state index contributed by atoms with van der Waals surface area (Å²) in [6.45, 7) is 2.33. The summed E-state index contributed by atoms with van der Waals surface area (Å²) in [5.41, 5.74) is 0.741. The fraction of sp³-hybridized carbons (Fsp3) is 0.429. The van der Waals surface area contributed by atoms with Gasteiger partial charge in [-0.2, -0.15) is 0 Å². The van der Waals surface area contributed by atoms with Crippen LogP contribution in [0.5, 0.6) is 5.75 Å². The number of aliphatic carboxylic acids is 1. The lowest BCUT2D eigenvalue weighted by Gasteiger charge is -2.39. The Morgan fingerprint density at radius 3 is 2.80 bits per heavy atom. The van der Waals surface area contributed by atoms with Crippen LogP contribution < -0.4 is 4.74 Å². The van der Waals surface area contributed by atoms with E-state index in [4.69, 9.17) is 4.74 Å².